The highest BCUT2D eigenvalue weighted by Crippen LogP contribution is 2.33. The van der Waals surface area contributed by atoms with E-state index in [1.54, 1.807) is 30.8 Å². The summed E-state index contributed by atoms with van der Waals surface area (Å²) in [6.45, 7) is 1.95. The highest BCUT2D eigenvalue weighted by molar-refractivity contribution is 7.99. The summed E-state index contributed by atoms with van der Waals surface area (Å²) in [5, 5.41) is 12.0. The highest BCUT2D eigenvalue weighted by Gasteiger charge is 2.30. The molecule has 0 saturated carbocycles. The molecule has 114 valence electrons. The van der Waals surface area contributed by atoms with E-state index in [0.717, 1.165) is 5.56 Å². The van der Waals surface area contributed by atoms with Gasteiger partial charge in [-0.15, -0.1) is 11.8 Å². The monoisotopic (exact) mass is 311 g/mol. The number of carboxylic acids is 1. The van der Waals surface area contributed by atoms with Crippen LogP contribution in [0.4, 0.5) is 0 Å². The third kappa shape index (κ3) is 4.37. The molecule has 1 heterocycles. The minimum absolute atomic E-state index is 0.0368. The first kappa shape index (κ1) is 15.7. The fourth-order valence-corrected chi connectivity index (χ4v) is 3.12. The summed E-state index contributed by atoms with van der Waals surface area (Å²) < 4.78 is 10.1. The van der Waals surface area contributed by atoms with Gasteiger partial charge in [-0.05, 0) is 24.6 Å². The number of carbonyl (C=O) groups excluding carboxylic acids is 1. The molecule has 1 aromatic carbocycles. The van der Waals surface area contributed by atoms with E-state index in [2.05, 4.69) is 5.32 Å². The molecule has 0 aromatic heterocycles. The lowest BCUT2D eigenvalue weighted by Crippen LogP contribution is -2.33. The lowest BCUT2D eigenvalue weighted by molar-refractivity contribution is -0.145. The molecule has 0 unspecified atom stereocenters. The van der Waals surface area contributed by atoms with Crippen LogP contribution in [-0.2, 0) is 14.3 Å². The summed E-state index contributed by atoms with van der Waals surface area (Å²) >= 11 is 1.56. The summed E-state index contributed by atoms with van der Waals surface area (Å²) in [6.07, 6.45) is 0. The molecule has 0 spiro atoms. The Morgan fingerprint density at radius 3 is 2.67 bits per heavy atom. The van der Waals surface area contributed by atoms with Crippen molar-refractivity contribution in [2.45, 2.75) is 18.3 Å². The van der Waals surface area contributed by atoms with E-state index in [4.69, 9.17) is 14.6 Å². The summed E-state index contributed by atoms with van der Waals surface area (Å²) in [4.78, 5) is 22.1. The lowest BCUT2D eigenvalue weighted by atomic mass is 10.2. The number of esters is 1. The van der Waals surface area contributed by atoms with Gasteiger partial charge < -0.3 is 14.6 Å². The second-order valence-electron chi connectivity index (χ2n) is 4.43. The number of carbonyl (C=O) groups is 2. The predicted octanol–water partition coefficient (Wildman–Crippen LogP) is 1.42. The first-order valence-corrected chi connectivity index (χ1v) is 7.64. The maximum absolute atomic E-state index is 11.2. The number of hydrogen-bond acceptors (Lipinski definition) is 6. The predicted molar refractivity (Wildman–Crippen MR) is 78.3 cm³/mol. The van der Waals surface area contributed by atoms with Crippen LogP contribution >= 0.6 is 11.8 Å². The Morgan fingerprint density at radius 2 is 2.10 bits per heavy atom. The number of nitrogens with one attached hydrogen (secondary N) is 1. The molecule has 6 nitrogen and oxygen atoms in total. The standard InChI is InChI=1S/C14H17NO5S/c1-2-19-12(16)7-20-10-5-3-9(4-6-10)13-15-11(8-21-13)14(17)18/h3-6,11,13,15H,2,7-8H2,1H3,(H,17,18)/t11-,13-/m0/s1. The highest BCUT2D eigenvalue weighted by atomic mass is 32.2. The van der Waals surface area contributed by atoms with Crippen LogP contribution < -0.4 is 10.1 Å². The van der Waals surface area contributed by atoms with Crippen molar-refractivity contribution >= 4 is 23.7 Å². The molecule has 1 aliphatic heterocycles. The van der Waals surface area contributed by atoms with Crippen LogP contribution in [0.15, 0.2) is 24.3 Å². The fraction of sp³-hybridized carbons (Fsp3) is 0.429. The van der Waals surface area contributed by atoms with Crippen LogP contribution in [0.2, 0.25) is 0 Å². The molecule has 21 heavy (non-hydrogen) atoms. The van der Waals surface area contributed by atoms with E-state index < -0.39 is 18.0 Å². The van der Waals surface area contributed by atoms with Crippen molar-refractivity contribution in [2.24, 2.45) is 0 Å². The Hall–Kier alpha value is -1.73. The molecule has 1 aliphatic rings. The molecule has 0 aliphatic carbocycles. The van der Waals surface area contributed by atoms with Crippen molar-refractivity contribution in [3.63, 3.8) is 0 Å². The number of aliphatic carboxylic acids is 1. The van der Waals surface area contributed by atoms with Gasteiger partial charge in [0.25, 0.3) is 0 Å². The van der Waals surface area contributed by atoms with Crippen molar-refractivity contribution in [1.29, 1.82) is 0 Å². The van der Waals surface area contributed by atoms with Crippen molar-refractivity contribution in [3.8, 4) is 5.75 Å². The largest absolute Gasteiger partial charge is 0.482 e. The molecule has 1 aromatic rings. The van der Waals surface area contributed by atoms with Crippen LogP contribution in [-0.4, -0.2) is 42.1 Å². The molecule has 2 rings (SSSR count). The number of benzene rings is 1. The van der Waals surface area contributed by atoms with Crippen molar-refractivity contribution in [1.82, 2.24) is 5.32 Å². The van der Waals surface area contributed by atoms with Gasteiger partial charge in [-0.2, -0.15) is 0 Å². The Balaban J connectivity index is 1.88. The Morgan fingerprint density at radius 1 is 1.38 bits per heavy atom. The number of rotatable bonds is 6. The number of thioether (sulfide) groups is 1. The summed E-state index contributed by atoms with van der Waals surface area (Å²) in [6, 6.07) is 6.71. The Bertz CT molecular complexity index is 505. The number of hydrogen-bond donors (Lipinski definition) is 2. The van der Waals surface area contributed by atoms with E-state index >= 15 is 0 Å². The summed E-state index contributed by atoms with van der Waals surface area (Å²) in [5.74, 6) is -0.121. The van der Waals surface area contributed by atoms with Crippen molar-refractivity contribution < 1.29 is 24.2 Å². The van der Waals surface area contributed by atoms with E-state index in [9.17, 15) is 9.59 Å². The SMILES string of the molecule is CCOC(=O)COc1ccc([C@H]2N[C@H](C(=O)O)CS2)cc1. The van der Waals surface area contributed by atoms with Gasteiger partial charge in [-0.3, -0.25) is 10.1 Å². The van der Waals surface area contributed by atoms with Gasteiger partial charge >= 0.3 is 11.9 Å². The van der Waals surface area contributed by atoms with Gasteiger partial charge in [0.2, 0.25) is 0 Å². The molecule has 0 radical (unpaired) electrons. The molecule has 1 saturated heterocycles. The van der Waals surface area contributed by atoms with Gasteiger partial charge in [0, 0.05) is 5.75 Å². The van der Waals surface area contributed by atoms with Crippen LogP contribution in [0.1, 0.15) is 17.9 Å². The quantitative estimate of drug-likeness (QED) is 0.768. The third-order valence-corrected chi connectivity index (χ3v) is 4.19. The van der Waals surface area contributed by atoms with Gasteiger partial charge in [-0.1, -0.05) is 12.1 Å². The van der Waals surface area contributed by atoms with Crippen molar-refractivity contribution in [3.05, 3.63) is 29.8 Å². The first-order chi connectivity index (χ1) is 10.1. The maximum Gasteiger partial charge on any atom is 0.344 e. The third-order valence-electron chi connectivity index (χ3n) is 2.93. The van der Waals surface area contributed by atoms with Crippen molar-refractivity contribution in [2.75, 3.05) is 19.0 Å². The minimum atomic E-state index is -0.834. The Kier molecular flexibility index (Phi) is 5.46. The van der Waals surface area contributed by atoms with E-state index in [1.807, 2.05) is 12.1 Å². The van der Waals surface area contributed by atoms with E-state index in [0.29, 0.717) is 18.1 Å². The molecular weight excluding hydrogens is 294 g/mol. The second-order valence-corrected chi connectivity index (χ2v) is 5.57. The van der Waals surface area contributed by atoms with Crippen LogP contribution in [0.3, 0.4) is 0 Å². The zero-order valence-electron chi connectivity index (χ0n) is 11.6. The maximum atomic E-state index is 11.2. The molecule has 2 atom stereocenters. The average molecular weight is 311 g/mol. The molecule has 1 fully saturated rings. The zero-order chi connectivity index (χ0) is 15.2. The van der Waals surface area contributed by atoms with Gasteiger partial charge in [0.1, 0.15) is 11.8 Å². The van der Waals surface area contributed by atoms with E-state index in [1.165, 1.54) is 0 Å². The topological polar surface area (TPSA) is 84.9 Å². The number of ether oxygens (including phenoxy) is 2. The number of carboxylic acid groups (broad SMARTS) is 1. The first-order valence-electron chi connectivity index (χ1n) is 6.59. The van der Waals surface area contributed by atoms with Crippen LogP contribution in [0.25, 0.3) is 0 Å². The molecule has 2 N–H and O–H groups in total. The average Bonchev–Trinajstić information content (AvgIpc) is 2.96. The smallest absolute Gasteiger partial charge is 0.344 e. The van der Waals surface area contributed by atoms with Gasteiger partial charge in [-0.25, -0.2) is 4.79 Å². The van der Waals surface area contributed by atoms with E-state index in [-0.39, 0.29) is 12.0 Å². The second kappa shape index (κ2) is 7.33. The molecule has 0 bridgehead atoms. The Labute approximate surface area is 126 Å². The van der Waals surface area contributed by atoms with Crippen LogP contribution in [0.5, 0.6) is 5.75 Å². The molecule has 7 heteroatoms. The molecular formula is C14H17NO5S. The van der Waals surface area contributed by atoms with Crippen LogP contribution in [0, 0.1) is 0 Å². The fourth-order valence-electron chi connectivity index (χ4n) is 1.89. The van der Waals surface area contributed by atoms with Gasteiger partial charge in [0.15, 0.2) is 6.61 Å². The minimum Gasteiger partial charge on any atom is -0.482 e. The zero-order valence-corrected chi connectivity index (χ0v) is 12.4. The lowest BCUT2D eigenvalue weighted by Gasteiger charge is -2.12. The normalized spacial score (nSPS) is 21.0. The summed E-state index contributed by atoms with van der Waals surface area (Å²) in [5.41, 5.74) is 0.979. The molecule has 0 amide bonds. The van der Waals surface area contributed by atoms with Gasteiger partial charge in [0.05, 0.1) is 12.0 Å². The summed E-state index contributed by atoms with van der Waals surface area (Å²) in [7, 11) is 0.